The standard InChI is InChI=1S/C22H32N2/c1-8-20(24-22-18(6)11-15(3)12-19(22)7)13-23-21-16(4)9-14(2)10-17(21)5/h9-12,20,23-24H,8,13H2,1-7H3. The summed E-state index contributed by atoms with van der Waals surface area (Å²) >= 11 is 0. The maximum atomic E-state index is 3.75. The fourth-order valence-corrected chi connectivity index (χ4v) is 3.59. The number of anilines is 2. The Morgan fingerprint density at radius 3 is 1.54 bits per heavy atom. The Kier molecular flexibility index (Phi) is 5.93. The van der Waals surface area contributed by atoms with Crippen molar-refractivity contribution in [3.63, 3.8) is 0 Å². The van der Waals surface area contributed by atoms with Gasteiger partial charge >= 0.3 is 0 Å². The largest absolute Gasteiger partial charge is 0.383 e. The number of hydrogen-bond donors (Lipinski definition) is 2. The number of nitrogens with one attached hydrogen (secondary N) is 2. The van der Waals surface area contributed by atoms with Crippen LogP contribution in [-0.2, 0) is 0 Å². The first-order valence-electron chi connectivity index (χ1n) is 8.98. The van der Waals surface area contributed by atoms with Crippen LogP contribution in [0.3, 0.4) is 0 Å². The molecule has 0 radical (unpaired) electrons. The highest BCUT2D eigenvalue weighted by Gasteiger charge is 2.12. The summed E-state index contributed by atoms with van der Waals surface area (Å²) in [6.07, 6.45) is 1.09. The fraction of sp³-hybridized carbons (Fsp3) is 0.455. The molecule has 0 aliphatic heterocycles. The summed E-state index contributed by atoms with van der Waals surface area (Å²) in [5.41, 5.74) is 10.5. The van der Waals surface area contributed by atoms with Gasteiger partial charge in [-0.1, -0.05) is 42.3 Å². The van der Waals surface area contributed by atoms with Gasteiger partial charge in [-0.2, -0.15) is 0 Å². The van der Waals surface area contributed by atoms with E-state index in [1.807, 2.05) is 0 Å². The summed E-state index contributed by atoms with van der Waals surface area (Å²) in [7, 11) is 0. The smallest absolute Gasteiger partial charge is 0.0431 e. The Hall–Kier alpha value is -1.96. The average molecular weight is 325 g/mol. The zero-order valence-electron chi connectivity index (χ0n) is 16.3. The molecule has 130 valence electrons. The van der Waals surface area contributed by atoms with Crippen LogP contribution in [0.15, 0.2) is 24.3 Å². The molecule has 2 nitrogen and oxygen atoms in total. The van der Waals surface area contributed by atoms with Crippen LogP contribution in [-0.4, -0.2) is 12.6 Å². The summed E-state index contributed by atoms with van der Waals surface area (Å²) in [4.78, 5) is 0. The van der Waals surface area contributed by atoms with Crippen molar-refractivity contribution in [1.82, 2.24) is 0 Å². The van der Waals surface area contributed by atoms with Crippen LogP contribution in [0.2, 0.25) is 0 Å². The molecule has 0 aliphatic rings. The lowest BCUT2D eigenvalue weighted by Gasteiger charge is -2.24. The van der Waals surface area contributed by atoms with Crippen molar-refractivity contribution in [2.75, 3.05) is 17.2 Å². The van der Waals surface area contributed by atoms with Crippen LogP contribution < -0.4 is 10.6 Å². The van der Waals surface area contributed by atoms with Crippen LogP contribution in [0, 0.1) is 41.5 Å². The summed E-state index contributed by atoms with van der Waals surface area (Å²) in [6.45, 7) is 16.2. The highest BCUT2D eigenvalue weighted by atomic mass is 15.0. The molecule has 0 bridgehead atoms. The van der Waals surface area contributed by atoms with Gasteiger partial charge in [0.15, 0.2) is 0 Å². The molecule has 1 unspecified atom stereocenters. The van der Waals surface area contributed by atoms with Crippen LogP contribution in [0.5, 0.6) is 0 Å². The molecular formula is C22H32N2. The molecular weight excluding hydrogens is 292 g/mol. The zero-order valence-corrected chi connectivity index (χ0v) is 16.3. The van der Waals surface area contributed by atoms with Gasteiger partial charge in [-0.25, -0.2) is 0 Å². The number of rotatable bonds is 6. The molecule has 24 heavy (non-hydrogen) atoms. The lowest BCUT2D eigenvalue weighted by Crippen LogP contribution is -2.28. The Morgan fingerprint density at radius 1 is 0.708 bits per heavy atom. The van der Waals surface area contributed by atoms with Crippen molar-refractivity contribution in [1.29, 1.82) is 0 Å². The first-order chi connectivity index (χ1) is 11.3. The number of hydrogen-bond acceptors (Lipinski definition) is 2. The lowest BCUT2D eigenvalue weighted by atomic mass is 10.0. The topological polar surface area (TPSA) is 24.1 Å². The molecule has 0 aromatic heterocycles. The number of benzene rings is 2. The van der Waals surface area contributed by atoms with Gasteiger partial charge in [0.05, 0.1) is 0 Å². The van der Waals surface area contributed by atoms with Crippen LogP contribution in [0.25, 0.3) is 0 Å². The molecule has 2 aromatic rings. The highest BCUT2D eigenvalue weighted by molar-refractivity contribution is 5.60. The molecule has 0 saturated heterocycles. The van der Waals surface area contributed by atoms with Gasteiger partial charge in [0, 0.05) is 24.0 Å². The number of aryl methyl sites for hydroxylation is 6. The van der Waals surface area contributed by atoms with Gasteiger partial charge < -0.3 is 10.6 Å². The van der Waals surface area contributed by atoms with Crippen LogP contribution in [0.4, 0.5) is 11.4 Å². The third kappa shape index (κ3) is 4.31. The van der Waals surface area contributed by atoms with Gasteiger partial charge in [-0.15, -0.1) is 0 Å². The third-order valence-electron chi connectivity index (χ3n) is 4.72. The molecule has 2 rings (SSSR count). The zero-order chi connectivity index (χ0) is 17.9. The highest BCUT2D eigenvalue weighted by Crippen LogP contribution is 2.25. The lowest BCUT2D eigenvalue weighted by molar-refractivity contribution is 0.722. The van der Waals surface area contributed by atoms with Crippen LogP contribution >= 0.6 is 0 Å². The van der Waals surface area contributed by atoms with Crippen molar-refractivity contribution >= 4 is 11.4 Å². The summed E-state index contributed by atoms with van der Waals surface area (Å²) in [5, 5.41) is 7.42. The van der Waals surface area contributed by atoms with E-state index in [0.717, 1.165) is 13.0 Å². The van der Waals surface area contributed by atoms with Crippen LogP contribution in [0.1, 0.15) is 46.7 Å². The van der Waals surface area contributed by atoms with E-state index >= 15 is 0 Å². The SMILES string of the molecule is CCC(CNc1c(C)cc(C)cc1C)Nc1c(C)cc(C)cc1C. The van der Waals surface area contributed by atoms with Crippen molar-refractivity contribution in [2.24, 2.45) is 0 Å². The molecule has 0 fully saturated rings. The minimum absolute atomic E-state index is 0.408. The Labute approximate surface area is 147 Å². The van der Waals surface area contributed by atoms with Crippen molar-refractivity contribution in [3.8, 4) is 0 Å². The third-order valence-corrected chi connectivity index (χ3v) is 4.72. The van der Waals surface area contributed by atoms with E-state index in [4.69, 9.17) is 0 Å². The van der Waals surface area contributed by atoms with Crippen molar-refractivity contribution in [3.05, 3.63) is 57.6 Å². The van der Waals surface area contributed by atoms with E-state index in [1.54, 1.807) is 0 Å². The molecule has 0 saturated carbocycles. The van der Waals surface area contributed by atoms with E-state index in [-0.39, 0.29) is 0 Å². The Balaban J connectivity index is 2.11. The van der Waals surface area contributed by atoms with E-state index in [0.29, 0.717) is 6.04 Å². The second kappa shape index (κ2) is 7.74. The Bertz CT molecular complexity index is 670. The maximum absolute atomic E-state index is 3.75. The van der Waals surface area contributed by atoms with Gasteiger partial charge in [0.25, 0.3) is 0 Å². The molecule has 0 aliphatic carbocycles. The summed E-state index contributed by atoms with van der Waals surface area (Å²) < 4.78 is 0. The van der Waals surface area contributed by atoms with E-state index in [1.165, 1.54) is 44.8 Å². The first-order valence-corrected chi connectivity index (χ1v) is 8.98. The predicted molar refractivity (Wildman–Crippen MR) is 107 cm³/mol. The normalized spacial score (nSPS) is 12.1. The molecule has 2 heteroatoms. The van der Waals surface area contributed by atoms with E-state index < -0.39 is 0 Å². The molecule has 0 amide bonds. The van der Waals surface area contributed by atoms with Gasteiger partial charge in [-0.05, 0) is 70.2 Å². The molecule has 2 N–H and O–H groups in total. The summed E-state index contributed by atoms with van der Waals surface area (Å²) in [5.74, 6) is 0. The monoisotopic (exact) mass is 324 g/mol. The van der Waals surface area contributed by atoms with E-state index in [9.17, 15) is 0 Å². The van der Waals surface area contributed by atoms with Crippen molar-refractivity contribution in [2.45, 2.75) is 60.9 Å². The van der Waals surface area contributed by atoms with Gasteiger partial charge in [0.2, 0.25) is 0 Å². The van der Waals surface area contributed by atoms with Gasteiger partial charge in [-0.3, -0.25) is 0 Å². The maximum Gasteiger partial charge on any atom is 0.0431 e. The van der Waals surface area contributed by atoms with Crippen molar-refractivity contribution < 1.29 is 0 Å². The predicted octanol–water partition coefficient (Wildman–Crippen LogP) is 5.84. The second-order valence-corrected chi connectivity index (χ2v) is 7.18. The minimum Gasteiger partial charge on any atom is -0.383 e. The quantitative estimate of drug-likeness (QED) is 0.697. The Morgan fingerprint density at radius 2 is 1.12 bits per heavy atom. The second-order valence-electron chi connectivity index (χ2n) is 7.18. The van der Waals surface area contributed by atoms with Gasteiger partial charge in [0.1, 0.15) is 0 Å². The molecule has 2 aromatic carbocycles. The molecule has 0 heterocycles. The average Bonchev–Trinajstić information content (AvgIpc) is 2.47. The fourth-order valence-electron chi connectivity index (χ4n) is 3.59. The minimum atomic E-state index is 0.408. The molecule has 0 spiro atoms. The first kappa shape index (κ1) is 18.4. The molecule has 1 atom stereocenters. The summed E-state index contributed by atoms with van der Waals surface area (Å²) in [6, 6.07) is 9.41. The van der Waals surface area contributed by atoms with E-state index in [2.05, 4.69) is 83.4 Å².